The first-order valence-electron chi connectivity index (χ1n) is 8.50. The minimum atomic E-state index is 0.0230. The number of hydrogen-bond acceptors (Lipinski definition) is 2. The molecule has 2 nitrogen and oxygen atoms in total. The molecule has 0 amide bonds. The van der Waals surface area contributed by atoms with Crippen LogP contribution in [0.3, 0.4) is 0 Å². The van der Waals surface area contributed by atoms with Crippen LogP contribution in [0.15, 0.2) is 48.5 Å². The Morgan fingerprint density at radius 3 is 2.65 bits per heavy atom. The van der Waals surface area contributed by atoms with Crippen molar-refractivity contribution in [1.29, 1.82) is 0 Å². The second-order valence-electron chi connectivity index (χ2n) is 6.80. The summed E-state index contributed by atoms with van der Waals surface area (Å²) in [6, 6.07) is 16.9. The Morgan fingerprint density at radius 2 is 1.87 bits per heavy atom. The molecule has 1 atom stereocenters. The number of halogens is 1. The van der Waals surface area contributed by atoms with Gasteiger partial charge < -0.3 is 10.1 Å². The van der Waals surface area contributed by atoms with Gasteiger partial charge in [-0.15, -0.1) is 0 Å². The molecule has 1 spiro atoms. The maximum absolute atomic E-state index is 6.42. The molecule has 23 heavy (non-hydrogen) atoms. The smallest absolute Gasteiger partial charge is 0.125 e. The quantitative estimate of drug-likeness (QED) is 0.829. The van der Waals surface area contributed by atoms with Crippen molar-refractivity contribution < 1.29 is 4.74 Å². The van der Waals surface area contributed by atoms with E-state index in [0.29, 0.717) is 6.04 Å². The van der Waals surface area contributed by atoms with Gasteiger partial charge in [-0.3, -0.25) is 0 Å². The zero-order chi connectivity index (χ0) is 15.7. The minimum Gasteiger partial charge on any atom is -0.487 e. The summed E-state index contributed by atoms with van der Waals surface area (Å²) in [6.07, 6.45) is 5.91. The van der Waals surface area contributed by atoms with Crippen molar-refractivity contribution in [3.05, 3.63) is 64.7 Å². The maximum atomic E-state index is 6.42. The molecule has 2 aliphatic rings. The van der Waals surface area contributed by atoms with Crippen molar-refractivity contribution in [2.75, 3.05) is 0 Å². The van der Waals surface area contributed by atoms with Gasteiger partial charge in [-0.1, -0.05) is 41.9 Å². The third-order valence-electron chi connectivity index (χ3n) is 5.16. The van der Waals surface area contributed by atoms with E-state index in [-0.39, 0.29) is 5.60 Å². The lowest BCUT2D eigenvalue weighted by atomic mass is 9.86. The van der Waals surface area contributed by atoms with Crippen molar-refractivity contribution in [3.8, 4) is 5.75 Å². The zero-order valence-electron chi connectivity index (χ0n) is 13.2. The fourth-order valence-electron chi connectivity index (χ4n) is 3.99. The molecular formula is C20H22ClNO. The lowest BCUT2D eigenvalue weighted by Crippen LogP contribution is -2.42. The molecule has 3 heteroatoms. The Labute approximate surface area is 142 Å². The summed E-state index contributed by atoms with van der Waals surface area (Å²) in [4.78, 5) is 0. The number of fused-ring (bicyclic) bond motifs is 1. The van der Waals surface area contributed by atoms with E-state index in [2.05, 4.69) is 41.7 Å². The molecule has 1 aliphatic heterocycles. The van der Waals surface area contributed by atoms with Crippen LogP contribution in [0, 0.1) is 0 Å². The fraction of sp³-hybridized carbons (Fsp3) is 0.400. The van der Waals surface area contributed by atoms with E-state index in [0.717, 1.165) is 23.7 Å². The molecule has 0 aromatic heterocycles. The average Bonchev–Trinajstić information content (AvgIpc) is 3.02. The fourth-order valence-corrected chi connectivity index (χ4v) is 4.17. The van der Waals surface area contributed by atoms with Crippen LogP contribution in [0.5, 0.6) is 5.75 Å². The molecule has 1 saturated carbocycles. The van der Waals surface area contributed by atoms with Crippen molar-refractivity contribution in [2.45, 2.75) is 50.3 Å². The predicted octanol–water partition coefficient (Wildman–Crippen LogP) is 5.27. The molecule has 1 heterocycles. The predicted molar refractivity (Wildman–Crippen MR) is 93.9 cm³/mol. The highest BCUT2D eigenvalue weighted by atomic mass is 35.5. The third kappa shape index (κ3) is 3.11. The van der Waals surface area contributed by atoms with Crippen LogP contribution in [-0.2, 0) is 6.54 Å². The largest absolute Gasteiger partial charge is 0.487 e. The van der Waals surface area contributed by atoms with E-state index in [1.165, 1.54) is 36.8 Å². The maximum Gasteiger partial charge on any atom is 0.125 e. The lowest BCUT2D eigenvalue weighted by Gasteiger charge is -2.40. The van der Waals surface area contributed by atoms with Crippen molar-refractivity contribution in [1.82, 2.24) is 5.32 Å². The Kier molecular flexibility index (Phi) is 4.04. The highest BCUT2D eigenvalue weighted by molar-refractivity contribution is 6.30. The number of nitrogens with one attached hydrogen (secondary N) is 1. The molecule has 4 rings (SSSR count). The second kappa shape index (κ2) is 6.18. The summed E-state index contributed by atoms with van der Waals surface area (Å²) in [6.45, 7) is 0.869. The van der Waals surface area contributed by atoms with Gasteiger partial charge in [0.25, 0.3) is 0 Å². The van der Waals surface area contributed by atoms with Crippen LogP contribution in [0.1, 0.15) is 49.3 Å². The van der Waals surface area contributed by atoms with Crippen molar-refractivity contribution in [3.63, 3.8) is 0 Å². The number of benzene rings is 2. The first kappa shape index (κ1) is 15.0. The van der Waals surface area contributed by atoms with E-state index in [9.17, 15) is 0 Å². The molecular weight excluding hydrogens is 306 g/mol. The molecule has 2 aromatic carbocycles. The third-order valence-corrected chi connectivity index (χ3v) is 5.40. The zero-order valence-corrected chi connectivity index (χ0v) is 14.0. The first-order valence-corrected chi connectivity index (χ1v) is 8.88. The Morgan fingerprint density at radius 1 is 1.09 bits per heavy atom. The van der Waals surface area contributed by atoms with Gasteiger partial charge >= 0.3 is 0 Å². The highest BCUT2D eigenvalue weighted by Crippen LogP contribution is 2.47. The van der Waals surface area contributed by atoms with Gasteiger partial charge in [0.2, 0.25) is 0 Å². The number of ether oxygens (including phenoxy) is 1. The molecule has 0 bridgehead atoms. The van der Waals surface area contributed by atoms with E-state index >= 15 is 0 Å². The second-order valence-corrected chi connectivity index (χ2v) is 7.23. The van der Waals surface area contributed by atoms with Crippen molar-refractivity contribution >= 4 is 11.6 Å². The van der Waals surface area contributed by atoms with Crippen molar-refractivity contribution in [2.24, 2.45) is 0 Å². The summed E-state index contributed by atoms with van der Waals surface area (Å²) in [7, 11) is 0. The lowest BCUT2D eigenvalue weighted by molar-refractivity contribution is 0.0364. The topological polar surface area (TPSA) is 21.3 Å². The minimum absolute atomic E-state index is 0.0230. The van der Waals surface area contributed by atoms with Gasteiger partial charge in [0.15, 0.2) is 0 Å². The van der Waals surface area contributed by atoms with Gasteiger partial charge in [0, 0.05) is 29.6 Å². The molecule has 0 saturated heterocycles. The standard InChI is InChI=1S/C20H22ClNO/c21-16-8-9-19-17(12-16)18(13-20(23-19)10-4-5-11-20)22-14-15-6-2-1-3-7-15/h1-3,6-9,12,18,22H,4-5,10-11,13-14H2. The summed E-state index contributed by atoms with van der Waals surface area (Å²) in [5.74, 6) is 1.01. The van der Waals surface area contributed by atoms with E-state index in [1.54, 1.807) is 0 Å². The summed E-state index contributed by atoms with van der Waals surface area (Å²) in [5, 5.41) is 4.51. The van der Waals surface area contributed by atoms with Crippen LogP contribution in [0.25, 0.3) is 0 Å². The van der Waals surface area contributed by atoms with Crippen LogP contribution < -0.4 is 10.1 Å². The van der Waals surface area contributed by atoms with Gasteiger partial charge in [-0.2, -0.15) is 0 Å². The molecule has 1 aliphatic carbocycles. The van der Waals surface area contributed by atoms with E-state index in [1.807, 2.05) is 12.1 Å². The SMILES string of the molecule is Clc1ccc2c(c1)C(NCc1ccccc1)CC1(CCCC1)O2. The van der Waals surface area contributed by atoms with Crippen LogP contribution in [-0.4, -0.2) is 5.60 Å². The van der Waals surface area contributed by atoms with Gasteiger partial charge in [-0.25, -0.2) is 0 Å². The normalized spacial score (nSPS) is 21.9. The highest BCUT2D eigenvalue weighted by Gasteiger charge is 2.42. The molecule has 2 aromatic rings. The van der Waals surface area contributed by atoms with Crippen LogP contribution in [0.2, 0.25) is 5.02 Å². The Hall–Kier alpha value is -1.51. The molecule has 120 valence electrons. The van der Waals surface area contributed by atoms with E-state index in [4.69, 9.17) is 16.3 Å². The molecule has 1 unspecified atom stereocenters. The monoisotopic (exact) mass is 327 g/mol. The van der Waals surface area contributed by atoms with Gasteiger partial charge in [-0.05, 0) is 49.4 Å². The van der Waals surface area contributed by atoms with E-state index < -0.39 is 0 Å². The summed E-state index contributed by atoms with van der Waals surface area (Å²) >= 11 is 6.23. The van der Waals surface area contributed by atoms with Crippen LogP contribution in [0.4, 0.5) is 0 Å². The number of hydrogen-bond donors (Lipinski definition) is 1. The molecule has 1 fully saturated rings. The van der Waals surface area contributed by atoms with Crippen LogP contribution >= 0.6 is 11.6 Å². The average molecular weight is 328 g/mol. The Balaban J connectivity index is 1.60. The molecule has 1 N–H and O–H groups in total. The number of rotatable bonds is 3. The molecule has 0 radical (unpaired) electrons. The first-order chi connectivity index (χ1) is 11.2. The summed E-state index contributed by atoms with van der Waals surface area (Å²) < 4.78 is 6.42. The summed E-state index contributed by atoms with van der Waals surface area (Å²) in [5.41, 5.74) is 2.53. The van der Waals surface area contributed by atoms with Gasteiger partial charge in [0.05, 0.1) is 0 Å². The Bertz CT molecular complexity index is 679. The van der Waals surface area contributed by atoms with Gasteiger partial charge in [0.1, 0.15) is 11.4 Å².